The number of rotatable bonds is 1. The molecule has 1 aliphatic heterocycles. The molecule has 1 aromatic carbocycles. The van der Waals surface area contributed by atoms with Gasteiger partial charge in [0.2, 0.25) is 0 Å². The fourth-order valence-electron chi connectivity index (χ4n) is 2.83. The van der Waals surface area contributed by atoms with Gasteiger partial charge in [0.1, 0.15) is 0 Å². The van der Waals surface area contributed by atoms with E-state index in [2.05, 4.69) is 51.2 Å². The Morgan fingerprint density at radius 3 is 2.47 bits per heavy atom. The first-order valence-corrected chi connectivity index (χ1v) is 6.05. The Morgan fingerprint density at radius 1 is 1.13 bits per heavy atom. The molecule has 1 fully saturated rings. The monoisotopic (exact) mass is 204 g/mol. The minimum Gasteiger partial charge on any atom is -0.335 e. The zero-order valence-corrected chi connectivity index (χ0v) is 10.0. The molecule has 0 amide bonds. The first-order valence-electron chi connectivity index (χ1n) is 6.05. The minimum absolute atomic E-state index is 0.768. The van der Waals surface area contributed by atoms with Crippen molar-refractivity contribution < 1.29 is 4.90 Å². The van der Waals surface area contributed by atoms with Gasteiger partial charge in [-0.25, -0.2) is 0 Å². The molecule has 0 aromatic heterocycles. The molecule has 0 saturated carbocycles. The summed E-state index contributed by atoms with van der Waals surface area (Å²) in [6.45, 7) is 6.07. The summed E-state index contributed by atoms with van der Waals surface area (Å²) in [6.07, 6.45) is 1.33. The summed E-state index contributed by atoms with van der Waals surface area (Å²) < 4.78 is 0. The third-order valence-corrected chi connectivity index (χ3v) is 4.01. The first-order chi connectivity index (χ1) is 7.18. The highest BCUT2D eigenvalue weighted by molar-refractivity contribution is 5.20. The summed E-state index contributed by atoms with van der Waals surface area (Å²) in [7, 11) is 2.32. The van der Waals surface area contributed by atoms with Crippen molar-refractivity contribution in [2.75, 3.05) is 13.6 Å². The van der Waals surface area contributed by atoms with Crippen molar-refractivity contribution in [2.24, 2.45) is 5.92 Å². The molecule has 82 valence electrons. The SMILES string of the molecule is C[C@@H]1C[C@H](c2ccccc2)[C@@H](C)C[NH+]1C. The lowest BCUT2D eigenvalue weighted by atomic mass is 9.79. The summed E-state index contributed by atoms with van der Waals surface area (Å²) in [5.41, 5.74) is 1.53. The van der Waals surface area contributed by atoms with Gasteiger partial charge >= 0.3 is 0 Å². The van der Waals surface area contributed by atoms with Crippen molar-refractivity contribution in [3.63, 3.8) is 0 Å². The van der Waals surface area contributed by atoms with Crippen molar-refractivity contribution >= 4 is 0 Å². The van der Waals surface area contributed by atoms with Gasteiger partial charge in [-0.1, -0.05) is 37.3 Å². The van der Waals surface area contributed by atoms with Crippen LogP contribution in [0.5, 0.6) is 0 Å². The quantitative estimate of drug-likeness (QED) is 0.710. The van der Waals surface area contributed by atoms with Gasteiger partial charge in [-0.2, -0.15) is 0 Å². The molecule has 0 spiro atoms. The van der Waals surface area contributed by atoms with E-state index in [-0.39, 0.29) is 0 Å². The van der Waals surface area contributed by atoms with Gasteiger partial charge in [0.25, 0.3) is 0 Å². The largest absolute Gasteiger partial charge is 0.335 e. The zero-order valence-electron chi connectivity index (χ0n) is 10.0. The fourth-order valence-corrected chi connectivity index (χ4v) is 2.83. The highest BCUT2D eigenvalue weighted by Crippen LogP contribution is 2.30. The maximum atomic E-state index is 2.40. The Bertz CT molecular complexity index is 306. The van der Waals surface area contributed by atoms with Gasteiger partial charge in [-0.3, -0.25) is 0 Å². The second kappa shape index (κ2) is 4.36. The van der Waals surface area contributed by atoms with E-state index in [4.69, 9.17) is 0 Å². The Balaban J connectivity index is 2.16. The Morgan fingerprint density at radius 2 is 1.80 bits per heavy atom. The lowest BCUT2D eigenvalue weighted by molar-refractivity contribution is -0.913. The molecule has 1 unspecified atom stereocenters. The first kappa shape index (κ1) is 10.7. The molecule has 1 N–H and O–H groups in total. The highest BCUT2D eigenvalue weighted by atomic mass is 15.1. The van der Waals surface area contributed by atoms with E-state index < -0.39 is 0 Å². The number of benzene rings is 1. The number of piperidine rings is 1. The molecule has 0 aliphatic carbocycles. The van der Waals surface area contributed by atoms with E-state index in [1.54, 1.807) is 4.90 Å². The second-order valence-corrected chi connectivity index (χ2v) is 5.18. The molecule has 0 radical (unpaired) electrons. The van der Waals surface area contributed by atoms with Crippen molar-refractivity contribution in [2.45, 2.75) is 32.2 Å². The van der Waals surface area contributed by atoms with E-state index in [1.165, 1.54) is 18.5 Å². The molecule has 15 heavy (non-hydrogen) atoms. The standard InChI is InChI=1S/C14H21N/c1-11-10-15(3)12(2)9-14(11)13-7-5-4-6-8-13/h4-8,11-12,14H,9-10H2,1-3H3/p+1/t11-,12+,14-/m0/s1. The van der Waals surface area contributed by atoms with Crippen LogP contribution >= 0.6 is 0 Å². The smallest absolute Gasteiger partial charge is 0.0850 e. The zero-order chi connectivity index (χ0) is 10.8. The van der Waals surface area contributed by atoms with Gasteiger partial charge in [0, 0.05) is 12.3 Å². The minimum atomic E-state index is 0.768. The van der Waals surface area contributed by atoms with Gasteiger partial charge < -0.3 is 4.90 Å². The Hall–Kier alpha value is -0.820. The van der Waals surface area contributed by atoms with Crippen LogP contribution in [-0.4, -0.2) is 19.6 Å². The van der Waals surface area contributed by atoms with Crippen LogP contribution < -0.4 is 4.90 Å². The summed E-state index contributed by atoms with van der Waals surface area (Å²) in [5.74, 6) is 1.58. The normalized spacial score (nSPS) is 36.5. The average molecular weight is 204 g/mol. The fraction of sp³-hybridized carbons (Fsp3) is 0.571. The van der Waals surface area contributed by atoms with Gasteiger partial charge in [-0.05, 0) is 18.4 Å². The van der Waals surface area contributed by atoms with Crippen LogP contribution in [0.2, 0.25) is 0 Å². The van der Waals surface area contributed by atoms with Crippen LogP contribution in [0.25, 0.3) is 0 Å². The third-order valence-electron chi connectivity index (χ3n) is 4.01. The molecule has 1 heterocycles. The van der Waals surface area contributed by atoms with Crippen molar-refractivity contribution in [1.29, 1.82) is 0 Å². The second-order valence-electron chi connectivity index (χ2n) is 5.18. The van der Waals surface area contributed by atoms with Gasteiger partial charge in [-0.15, -0.1) is 0 Å². The topological polar surface area (TPSA) is 4.44 Å². The number of hydrogen-bond donors (Lipinski definition) is 1. The molecular weight excluding hydrogens is 182 g/mol. The predicted octanol–water partition coefficient (Wildman–Crippen LogP) is 1.71. The van der Waals surface area contributed by atoms with Crippen LogP contribution in [0.15, 0.2) is 30.3 Å². The summed E-state index contributed by atoms with van der Waals surface area (Å²) in [5, 5.41) is 0. The number of hydrogen-bond acceptors (Lipinski definition) is 0. The van der Waals surface area contributed by atoms with E-state index in [1.807, 2.05) is 0 Å². The van der Waals surface area contributed by atoms with E-state index >= 15 is 0 Å². The van der Waals surface area contributed by atoms with Gasteiger partial charge in [0.15, 0.2) is 0 Å². The maximum Gasteiger partial charge on any atom is 0.0850 e. The summed E-state index contributed by atoms with van der Waals surface area (Å²) in [4.78, 5) is 1.69. The van der Waals surface area contributed by atoms with Crippen LogP contribution in [0.1, 0.15) is 31.7 Å². The average Bonchev–Trinajstić information content (AvgIpc) is 2.25. The van der Waals surface area contributed by atoms with E-state index in [0.717, 1.165) is 17.9 Å². The lowest BCUT2D eigenvalue weighted by Crippen LogP contribution is -3.14. The van der Waals surface area contributed by atoms with Gasteiger partial charge in [0.05, 0.1) is 19.6 Å². The maximum absolute atomic E-state index is 2.40. The summed E-state index contributed by atoms with van der Waals surface area (Å²) >= 11 is 0. The van der Waals surface area contributed by atoms with Crippen LogP contribution in [-0.2, 0) is 0 Å². The molecule has 0 bridgehead atoms. The van der Waals surface area contributed by atoms with Crippen molar-refractivity contribution in [1.82, 2.24) is 0 Å². The molecule has 1 nitrogen and oxygen atoms in total. The third kappa shape index (κ3) is 2.23. The number of likely N-dealkylation sites (tertiary alicyclic amines) is 1. The van der Waals surface area contributed by atoms with Crippen LogP contribution in [0.3, 0.4) is 0 Å². The molecular formula is C14H22N+. The van der Waals surface area contributed by atoms with E-state index in [0.29, 0.717) is 0 Å². The molecule has 1 aliphatic rings. The van der Waals surface area contributed by atoms with Crippen LogP contribution in [0, 0.1) is 5.92 Å². The molecule has 1 heteroatoms. The van der Waals surface area contributed by atoms with Crippen molar-refractivity contribution in [3.8, 4) is 0 Å². The number of nitrogens with one attached hydrogen (secondary N) is 1. The molecule has 1 saturated heterocycles. The molecule has 4 atom stereocenters. The highest BCUT2D eigenvalue weighted by Gasteiger charge is 2.32. The lowest BCUT2D eigenvalue weighted by Gasteiger charge is -2.37. The summed E-state index contributed by atoms with van der Waals surface area (Å²) in [6, 6.07) is 11.8. The molecule has 1 aromatic rings. The van der Waals surface area contributed by atoms with Crippen molar-refractivity contribution in [3.05, 3.63) is 35.9 Å². The number of quaternary nitrogens is 1. The van der Waals surface area contributed by atoms with Crippen LogP contribution in [0.4, 0.5) is 0 Å². The Kier molecular flexibility index (Phi) is 3.11. The Labute approximate surface area is 93.1 Å². The molecule has 2 rings (SSSR count). The predicted molar refractivity (Wildman–Crippen MR) is 64.2 cm³/mol. The van der Waals surface area contributed by atoms with E-state index in [9.17, 15) is 0 Å².